The molecule has 3 heterocycles. The Morgan fingerprint density at radius 3 is 2.82 bits per heavy atom. The van der Waals surface area contributed by atoms with E-state index in [1.807, 2.05) is 0 Å². The fourth-order valence-corrected chi connectivity index (χ4v) is 3.76. The monoisotopic (exact) mass is 391 g/mol. The number of fused-ring (bicyclic) bond motifs is 1. The Bertz CT molecular complexity index is 857. The molecule has 9 nitrogen and oxygen atoms in total. The van der Waals surface area contributed by atoms with Crippen LogP contribution in [0.1, 0.15) is 18.4 Å². The highest BCUT2D eigenvalue weighted by Crippen LogP contribution is 2.40. The maximum atomic E-state index is 14.9. The number of pyridine rings is 1. The number of hydrogen-bond acceptors (Lipinski definition) is 7. The average molecular weight is 391 g/mol. The van der Waals surface area contributed by atoms with E-state index in [1.165, 1.54) is 18.1 Å². The molecule has 2 aliphatic heterocycles. The molecule has 1 amide bonds. The molecule has 0 aromatic carbocycles. The molecule has 0 saturated heterocycles. The number of nitrogens with zero attached hydrogens (tertiary/aromatic N) is 3. The maximum Gasteiger partial charge on any atom is 0.316 e. The number of carboxylic acid groups (broad SMARTS) is 1. The molecule has 1 fully saturated rings. The molecule has 150 valence electrons. The molecule has 0 bridgehead atoms. The number of aliphatic carboxylic acids is 1. The Balaban J connectivity index is 1.73. The van der Waals surface area contributed by atoms with Crippen molar-refractivity contribution in [3.63, 3.8) is 0 Å². The van der Waals surface area contributed by atoms with Gasteiger partial charge in [0.05, 0.1) is 12.8 Å². The number of nitrogens with two attached hydrogens (primary N) is 1. The first-order valence-electron chi connectivity index (χ1n) is 9.17. The van der Waals surface area contributed by atoms with Crippen LogP contribution in [0.2, 0.25) is 0 Å². The lowest BCUT2D eigenvalue weighted by Crippen LogP contribution is -2.46. The highest BCUT2D eigenvalue weighted by Gasteiger charge is 2.45. The van der Waals surface area contributed by atoms with Crippen LogP contribution in [0.5, 0.6) is 0 Å². The first-order chi connectivity index (χ1) is 13.4. The number of carbonyl (C=O) groups excluding carboxylic acids is 1. The van der Waals surface area contributed by atoms with E-state index in [-0.39, 0.29) is 24.2 Å². The first-order valence-corrected chi connectivity index (χ1v) is 9.17. The van der Waals surface area contributed by atoms with Crippen molar-refractivity contribution in [3.05, 3.63) is 29.3 Å². The number of carboxylic acids is 1. The molecular formula is C18H22FN5O4. The molecule has 0 spiro atoms. The minimum Gasteiger partial charge on any atom is -0.481 e. The molecule has 1 aliphatic carbocycles. The van der Waals surface area contributed by atoms with Gasteiger partial charge < -0.3 is 15.7 Å². The smallest absolute Gasteiger partial charge is 0.316 e. The van der Waals surface area contributed by atoms with Crippen LogP contribution in [0.3, 0.4) is 0 Å². The van der Waals surface area contributed by atoms with E-state index in [0.717, 1.165) is 12.8 Å². The SMILES string of the molecule is CONC1=CN(c2nc3c(cc2F)C[C@@H](C(=O)O)C(=O)N3C2CC2)C[C@@H]1CN. The van der Waals surface area contributed by atoms with E-state index in [1.54, 1.807) is 11.1 Å². The fraction of sp³-hybridized carbons (Fsp3) is 0.500. The van der Waals surface area contributed by atoms with E-state index in [0.29, 0.717) is 30.2 Å². The van der Waals surface area contributed by atoms with Crippen molar-refractivity contribution in [2.45, 2.75) is 25.3 Å². The molecule has 4 N–H and O–H groups in total. The van der Waals surface area contributed by atoms with E-state index < -0.39 is 23.6 Å². The Hall–Kier alpha value is -2.72. The van der Waals surface area contributed by atoms with E-state index in [4.69, 9.17) is 10.6 Å². The summed E-state index contributed by atoms with van der Waals surface area (Å²) >= 11 is 0. The van der Waals surface area contributed by atoms with Gasteiger partial charge in [0, 0.05) is 31.2 Å². The fourth-order valence-electron chi connectivity index (χ4n) is 3.76. The Morgan fingerprint density at radius 2 is 2.21 bits per heavy atom. The summed E-state index contributed by atoms with van der Waals surface area (Å²) in [7, 11) is 1.48. The lowest BCUT2D eigenvalue weighted by atomic mass is 9.93. The molecule has 3 aliphatic rings. The molecule has 4 rings (SSSR count). The van der Waals surface area contributed by atoms with Crippen LogP contribution in [-0.2, 0) is 20.8 Å². The van der Waals surface area contributed by atoms with Crippen LogP contribution in [0.25, 0.3) is 0 Å². The second kappa shape index (κ2) is 7.02. The van der Waals surface area contributed by atoms with Gasteiger partial charge in [-0.2, -0.15) is 0 Å². The van der Waals surface area contributed by atoms with Crippen molar-refractivity contribution in [2.75, 3.05) is 30.0 Å². The standard InChI is InChI=1S/C18H22FN5O4/c1-28-22-14-8-23(7-10(14)6-20)16-13(19)5-9-4-12(18(26)27)17(25)24(11-2-3-11)15(9)21-16/h5,8,10-12,22H,2-4,6-7,20H2,1H3,(H,26,27)/t10-,12+/m0/s1. The van der Waals surface area contributed by atoms with Crippen molar-refractivity contribution in [3.8, 4) is 0 Å². The van der Waals surface area contributed by atoms with Crippen LogP contribution in [0.15, 0.2) is 18.0 Å². The first kappa shape index (κ1) is 18.6. The molecule has 10 heteroatoms. The third-order valence-corrected chi connectivity index (χ3v) is 5.34. The number of amides is 1. The van der Waals surface area contributed by atoms with E-state index in [2.05, 4.69) is 10.5 Å². The van der Waals surface area contributed by atoms with Crippen molar-refractivity contribution in [1.82, 2.24) is 10.5 Å². The Kier molecular flexibility index (Phi) is 4.68. The molecule has 2 atom stereocenters. The number of halogens is 1. The summed E-state index contributed by atoms with van der Waals surface area (Å²) in [5.41, 5.74) is 9.69. The van der Waals surface area contributed by atoms with Gasteiger partial charge in [-0.05, 0) is 30.9 Å². The normalized spacial score (nSPS) is 24.2. The van der Waals surface area contributed by atoms with Crippen LogP contribution in [-0.4, -0.2) is 48.2 Å². The number of anilines is 2. The highest BCUT2D eigenvalue weighted by atomic mass is 19.1. The van der Waals surface area contributed by atoms with Crippen molar-refractivity contribution < 1.29 is 23.9 Å². The summed E-state index contributed by atoms with van der Waals surface area (Å²) < 4.78 is 14.9. The van der Waals surface area contributed by atoms with Crippen LogP contribution < -0.4 is 21.0 Å². The summed E-state index contributed by atoms with van der Waals surface area (Å²) in [5, 5.41) is 9.38. The average Bonchev–Trinajstić information content (AvgIpc) is 3.41. The van der Waals surface area contributed by atoms with Crippen LogP contribution in [0.4, 0.5) is 16.0 Å². The van der Waals surface area contributed by atoms with Gasteiger partial charge in [-0.15, -0.1) is 0 Å². The van der Waals surface area contributed by atoms with E-state index in [9.17, 15) is 19.1 Å². The highest BCUT2D eigenvalue weighted by molar-refractivity contribution is 6.08. The molecule has 1 saturated carbocycles. The van der Waals surface area contributed by atoms with Gasteiger partial charge in [-0.25, -0.2) is 9.37 Å². The van der Waals surface area contributed by atoms with Gasteiger partial charge in [-0.1, -0.05) is 0 Å². The number of hydrogen-bond donors (Lipinski definition) is 3. The molecule has 0 unspecified atom stereocenters. The molecular weight excluding hydrogens is 369 g/mol. The lowest BCUT2D eigenvalue weighted by Gasteiger charge is -2.32. The van der Waals surface area contributed by atoms with Gasteiger partial charge >= 0.3 is 5.97 Å². The predicted octanol–water partition coefficient (Wildman–Crippen LogP) is 0.360. The number of aromatic nitrogens is 1. The number of nitrogens with one attached hydrogen (secondary N) is 1. The summed E-state index contributed by atoms with van der Waals surface area (Å²) in [6, 6.07) is 1.22. The number of hydroxylamine groups is 1. The van der Waals surface area contributed by atoms with Gasteiger partial charge in [0.25, 0.3) is 0 Å². The van der Waals surface area contributed by atoms with E-state index >= 15 is 0 Å². The molecule has 1 aromatic rings. The zero-order chi connectivity index (χ0) is 20.0. The van der Waals surface area contributed by atoms with Crippen LogP contribution in [0, 0.1) is 17.7 Å². The van der Waals surface area contributed by atoms with Gasteiger partial charge in [0.1, 0.15) is 11.7 Å². The van der Waals surface area contributed by atoms with Gasteiger partial charge in [0.2, 0.25) is 5.91 Å². The largest absolute Gasteiger partial charge is 0.481 e. The maximum absolute atomic E-state index is 14.9. The van der Waals surface area contributed by atoms with Crippen molar-refractivity contribution >= 4 is 23.5 Å². The minimum absolute atomic E-state index is 0.0608. The van der Waals surface area contributed by atoms with Crippen LogP contribution >= 0.6 is 0 Å². The Labute approximate surface area is 160 Å². The zero-order valence-corrected chi connectivity index (χ0v) is 15.4. The Morgan fingerprint density at radius 1 is 1.46 bits per heavy atom. The summed E-state index contributed by atoms with van der Waals surface area (Å²) in [6.07, 6.45) is 3.19. The third kappa shape index (κ3) is 3.08. The predicted molar refractivity (Wildman–Crippen MR) is 97.7 cm³/mol. The second-order valence-electron chi connectivity index (χ2n) is 7.29. The molecule has 28 heavy (non-hydrogen) atoms. The number of rotatable bonds is 6. The summed E-state index contributed by atoms with van der Waals surface area (Å²) in [4.78, 5) is 36.7. The van der Waals surface area contributed by atoms with Gasteiger partial charge in [0.15, 0.2) is 11.6 Å². The summed E-state index contributed by atoms with van der Waals surface area (Å²) in [5.74, 6) is -3.09. The van der Waals surface area contributed by atoms with Crippen molar-refractivity contribution in [2.24, 2.45) is 17.6 Å². The molecule has 0 radical (unpaired) electrons. The second-order valence-corrected chi connectivity index (χ2v) is 7.29. The quantitative estimate of drug-likeness (QED) is 0.470. The number of carbonyl (C=O) groups is 2. The van der Waals surface area contributed by atoms with Gasteiger partial charge in [-0.3, -0.25) is 24.8 Å². The third-order valence-electron chi connectivity index (χ3n) is 5.34. The minimum atomic E-state index is -1.20. The van der Waals surface area contributed by atoms with Crippen molar-refractivity contribution in [1.29, 1.82) is 0 Å². The molecule has 1 aromatic heterocycles. The summed E-state index contributed by atoms with van der Waals surface area (Å²) in [6.45, 7) is 0.762. The topological polar surface area (TPSA) is 121 Å². The lowest BCUT2D eigenvalue weighted by molar-refractivity contribution is -0.146. The zero-order valence-electron chi connectivity index (χ0n) is 15.4.